The molecule has 1 atom stereocenters. The Labute approximate surface area is 891 Å². The molecular weight excluding hydrogens is 2430 g/mol. The maximum absolute atomic E-state index is 7.23. The van der Waals surface area contributed by atoms with Crippen LogP contribution in [0.3, 0.4) is 0 Å². The quantitative estimate of drug-likeness (QED) is 0.0618. The molecule has 0 saturated heterocycles. The van der Waals surface area contributed by atoms with E-state index in [-0.39, 0.29) is 103 Å². The minimum absolute atomic E-state index is 0. The summed E-state index contributed by atoms with van der Waals surface area (Å²) in [5, 5.41) is 6.01. The zero-order chi connectivity index (χ0) is 105. The fourth-order valence-corrected chi connectivity index (χ4v) is 21.5. The van der Waals surface area contributed by atoms with E-state index < -0.39 is 59.7 Å². The molecule has 17 rings (SSSR count). The maximum atomic E-state index is 7.23. The average Bonchev–Trinajstić information content (AvgIpc) is 1.33. The molecule has 8 aromatic carbocycles. The molecule has 1 fully saturated rings. The molecule has 0 aliphatic heterocycles. The van der Waals surface area contributed by atoms with E-state index in [0.717, 1.165) is 102 Å². The molecule has 8 nitrogen and oxygen atoms in total. The van der Waals surface area contributed by atoms with Gasteiger partial charge in [0.05, 0.1) is 32.3 Å². The number of pyridine rings is 8. The van der Waals surface area contributed by atoms with Gasteiger partial charge >= 0.3 is 0 Å². The SMILES string of the molecule is CC(C)Cc1cc(-c2[c-]cccc2)ncc1[Si](C)(C)C.CC(C)c1cc(-c2[c-]cccc2)ncc1[Si](C)(C)C.CCC(C)c1cc(-c2[c-]cccc2)ncc1[Si](C)(C)C.C[Si](C)(C)c1cnc(-c2[c-]cccc2)cc1C1CCCC1.[2H]C([2H])([2H])c1ccc(-c2[c-]cccc2)nc1.[2H]C([2H])([2H])c1ccc(-c2[c-]cccc2)nc1.[2H]C([2H])([2H])c1ccc(-c2[c-]cccc2)nc1.[2H]C([2H])([2H])c1ccc(-c2[c-]cccc2)nc1.[Ir].[Ir].[Ir].[Ir]. The normalized spacial score (nSPS) is 13.4. The number of hydrogen-bond acceptors (Lipinski definition) is 8. The van der Waals surface area contributed by atoms with Gasteiger partial charge in [-0.25, -0.2) is 0 Å². The van der Waals surface area contributed by atoms with Gasteiger partial charge in [0.2, 0.25) is 0 Å². The summed E-state index contributed by atoms with van der Waals surface area (Å²) in [5.41, 5.74) is 21.9. The summed E-state index contributed by atoms with van der Waals surface area (Å²) in [4.78, 5) is 35.3. The summed E-state index contributed by atoms with van der Waals surface area (Å²) in [6, 6.07) is 110. The Balaban J connectivity index is 0.000000258. The Bertz CT molecular complexity index is 6220. The first kappa shape index (κ1) is 96.7. The molecule has 136 heavy (non-hydrogen) atoms. The fraction of sp³-hybridized carbons (Fsp3) is 0.267. The van der Waals surface area contributed by atoms with Crippen molar-refractivity contribution in [2.75, 3.05) is 0 Å². The van der Waals surface area contributed by atoms with Crippen molar-refractivity contribution < 1.29 is 96.9 Å². The number of benzene rings is 8. The molecule has 16 heteroatoms. The Kier molecular flexibility index (Phi) is 40.6. The second-order valence-corrected chi connectivity index (χ2v) is 57.8. The van der Waals surface area contributed by atoms with Crippen LogP contribution < -0.4 is 20.7 Å². The minimum Gasteiger partial charge on any atom is -0.305 e. The summed E-state index contributed by atoms with van der Waals surface area (Å²) >= 11 is 0. The first-order valence-corrected chi connectivity index (χ1v) is 59.7. The summed E-state index contributed by atoms with van der Waals surface area (Å²) in [5.74, 6) is 2.53. The van der Waals surface area contributed by atoms with Gasteiger partial charge in [-0.3, -0.25) is 0 Å². The van der Waals surface area contributed by atoms with Crippen molar-refractivity contribution in [3.8, 4) is 90.1 Å². The fourth-order valence-electron chi connectivity index (χ4n) is 15.0. The van der Waals surface area contributed by atoms with Gasteiger partial charge in [-0.05, 0) is 165 Å². The number of aromatic nitrogens is 8. The van der Waals surface area contributed by atoms with Crippen LogP contribution in [0.5, 0.6) is 0 Å². The van der Waals surface area contributed by atoms with Crippen molar-refractivity contribution in [1.82, 2.24) is 39.9 Å². The van der Waals surface area contributed by atoms with Crippen LogP contribution >= 0.6 is 0 Å². The molecule has 714 valence electrons. The first-order chi connectivity index (χ1) is 68.0. The summed E-state index contributed by atoms with van der Waals surface area (Å²) in [7, 11) is -5.37. The van der Waals surface area contributed by atoms with Gasteiger partial charge in [0.15, 0.2) is 0 Å². The Morgan fingerprint density at radius 3 is 0.787 bits per heavy atom. The standard InChI is InChI=1S/C19H24NSi.2C18H24NSi.C17H22NSi.4C12H10N.4Ir/c1-21(2,3)19-14-20-18(16-11-5-4-6-12-16)13-17(19)15-9-7-8-10-15;1-14(2)11-16-12-17(15-9-7-6-8-10-15)19-13-18(16)20(3,4)5;1-6-14(2)16-12-17(15-10-8-7-9-11-15)19-13-18(16)20(3,4)5;1-13(2)15-11-16(14-9-7-6-8-10-14)18-12-17(15)19(3,4)5;4*1-10-7-8-12(13-9-10)11-5-3-2-4-6-11;;;;/h4-6,11,13-15H,7-10H2,1-3H3;6-9,12-14H,11H2,1-5H3;7-10,12-14H,6H2,1-5H3;6-9,11-13H,1-5H3;4*2-5,7-9H,1H3;;;;/q8*-1;;;;/i;;;;4*1D3;;;;. The Morgan fingerprint density at radius 1 is 0.294 bits per heavy atom. The van der Waals surface area contributed by atoms with E-state index in [0.29, 0.717) is 17.8 Å². The molecule has 1 aliphatic carbocycles. The second kappa shape index (κ2) is 57.1. The van der Waals surface area contributed by atoms with Gasteiger partial charge in [0.25, 0.3) is 0 Å². The van der Waals surface area contributed by atoms with Crippen LogP contribution in [0, 0.1) is 81.9 Å². The van der Waals surface area contributed by atoms with Crippen molar-refractivity contribution >= 4 is 53.0 Å². The second-order valence-electron chi connectivity index (χ2n) is 37.7. The van der Waals surface area contributed by atoms with Crippen LogP contribution in [0.25, 0.3) is 90.1 Å². The minimum atomic E-state index is -2.09. The van der Waals surface area contributed by atoms with Crippen LogP contribution in [0.15, 0.2) is 316 Å². The topological polar surface area (TPSA) is 103 Å². The largest absolute Gasteiger partial charge is 0.305 e. The van der Waals surface area contributed by atoms with Crippen molar-refractivity contribution in [3.63, 3.8) is 0 Å². The van der Waals surface area contributed by atoms with E-state index in [1.54, 1.807) is 83.5 Å². The number of aryl methyl sites for hydroxylation is 4. The average molecular weight is 2580 g/mol. The third-order valence-corrected chi connectivity index (χ3v) is 30.3. The van der Waals surface area contributed by atoms with Crippen molar-refractivity contribution in [2.24, 2.45) is 5.92 Å². The smallest absolute Gasteiger partial charge is 0.0799 e. The third kappa shape index (κ3) is 36.6. The number of nitrogens with zero attached hydrogens (tertiary/aromatic N) is 8. The molecule has 8 aromatic heterocycles. The van der Waals surface area contributed by atoms with Gasteiger partial charge in [-0.15, -0.1) is 287 Å². The van der Waals surface area contributed by atoms with Gasteiger partial charge < -0.3 is 39.9 Å². The molecular formula is C120H134Ir4N8Si4-8. The molecule has 1 unspecified atom stereocenters. The van der Waals surface area contributed by atoms with Crippen molar-refractivity contribution in [1.29, 1.82) is 0 Å². The molecule has 1 saturated carbocycles. The third-order valence-electron chi connectivity index (χ3n) is 22.2. The zero-order valence-corrected chi connectivity index (χ0v) is 95.1. The maximum Gasteiger partial charge on any atom is 0.0799 e. The van der Waals surface area contributed by atoms with E-state index in [9.17, 15) is 0 Å². The molecule has 0 amide bonds. The van der Waals surface area contributed by atoms with Crippen molar-refractivity contribution in [2.45, 2.75) is 204 Å². The van der Waals surface area contributed by atoms with Gasteiger partial charge in [0.1, 0.15) is 0 Å². The summed E-state index contributed by atoms with van der Waals surface area (Å²) in [6.45, 7) is 34.1. The molecule has 8 heterocycles. The molecule has 1 aliphatic rings. The van der Waals surface area contributed by atoms with Crippen LogP contribution in [0.2, 0.25) is 78.6 Å². The first-order valence-electron chi connectivity index (χ1n) is 51.7. The van der Waals surface area contributed by atoms with Gasteiger partial charge in [-0.1, -0.05) is 228 Å². The van der Waals surface area contributed by atoms with E-state index in [4.69, 9.17) is 26.4 Å². The van der Waals surface area contributed by atoms with E-state index in [1.807, 2.05) is 140 Å². The van der Waals surface area contributed by atoms with E-state index in [2.05, 4.69) is 278 Å². The van der Waals surface area contributed by atoms with E-state index >= 15 is 0 Å². The van der Waals surface area contributed by atoms with Crippen molar-refractivity contribution in [3.05, 3.63) is 410 Å². The predicted molar refractivity (Wildman–Crippen MR) is 571 cm³/mol. The van der Waals surface area contributed by atoms with E-state index in [1.165, 1.54) is 89.1 Å². The van der Waals surface area contributed by atoms with Crippen LogP contribution in [0.4, 0.5) is 0 Å². The van der Waals surface area contributed by atoms with Crippen LogP contribution in [-0.4, -0.2) is 72.2 Å². The Morgan fingerprint density at radius 2 is 0.544 bits per heavy atom. The number of rotatable bonds is 18. The molecule has 0 bridgehead atoms. The molecule has 0 spiro atoms. The summed E-state index contributed by atoms with van der Waals surface area (Å²) in [6.07, 6.45) is 21.8. The Hall–Kier alpha value is -9.58. The predicted octanol–water partition coefficient (Wildman–Crippen LogP) is 29.3. The van der Waals surface area contributed by atoms with Crippen LogP contribution in [-0.2, 0) is 86.8 Å². The molecule has 0 N–H and O–H groups in total. The molecule has 16 aromatic rings. The van der Waals surface area contributed by atoms with Crippen LogP contribution in [0.1, 0.15) is 152 Å². The molecule has 4 radical (unpaired) electrons. The number of hydrogen-bond donors (Lipinski definition) is 0. The summed E-state index contributed by atoms with van der Waals surface area (Å²) < 4.78 is 86.8. The van der Waals surface area contributed by atoms with Gasteiger partial charge in [0, 0.05) is 146 Å². The van der Waals surface area contributed by atoms with Gasteiger partial charge in [-0.2, -0.15) is 0 Å². The zero-order valence-electron chi connectivity index (χ0n) is 93.5. The monoisotopic (exact) mass is 2580 g/mol.